The SMILES string of the molecule is CCCCCC(=O)N(CCC)Cc1nc(C(=O)OC)co1. The zero-order valence-electron chi connectivity index (χ0n) is 13.1. The van der Waals surface area contributed by atoms with E-state index in [0.29, 0.717) is 18.9 Å². The van der Waals surface area contributed by atoms with Crippen LogP contribution in [0.5, 0.6) is 0 Å². The minimum atomic E-state index is -0.540. The number of aromatic nitrogens is 1. The number of carbonyl (C=O) groups excluding carboxylic acids is 2. The summed E-state index contributed by atoms with van der Waals surface area (Å²) in [5.74, 6) is -0.0860. The molecule has 118 valence electrons. The van der Waals surface area contributed by atoms with Gasteiger partial charge in [-0.25, -0.2) is 9.78 Å². The molecule has 0 N–H and O–H groups in total. The van der Waals surface area contributed by atoms with Gasteiger partial charge in [-0.05, 0) is 12.8 Å². The molecule has 0 unspecified atom stereocenters. The summed E-state index contributed by atoms with van der Waals surface area (Å²) in [6.45, 7) is 5.06. The van der Waals surface area contributed by atoms with Crippen LogP contribution in [0.1, 0.15) is 62.3 Å². The van der Waals surface area contributed by atoms with Crippen LogP contribution in [0.15, 0.2) is 10.7 Å². The number of oxazole rings is 1. The lowest BCUT2D eigenvalue weighted by Gasteiger charge is -2.20. The summed E-state index contributed by atoms with van der Waals surface area (Å²) in [6.07, 6.45) is 5.70. The van der Waals surface area contributed by atoms with Gasteiger partial charge in [0.15, 0.2) is 5.69 Å². The van der Waals surface area contributed by atoms with E-state index in [1.807, 2.05) is 6.92 Å². The average Bonchev–Trinajstić information content (AvgIpc) is 2.94. The van der Waals surface area contributed by atoms with Crippen LogP contribution in [-0.2, 0) is 16.1 Å². The quantitative estimate of drug-likeness (QED) is 0.517. The Labute approximate surface area is 125 Å². The van der Waals surface area contributed by atoms with Crippen molar-refractivity contribution >= 4 is 11.9 Å². The summed E-state index contributed by atoms with van der Waals surface area (Å²) < 4.78 is 9.81. The summed E-state index contributed by atoms with van der Waals surface area (Å²) in [6, 6.07) is 0. The average molecular weight is 296 g/mol. The Kier molecular flexibility index (Phi) is 7.50. The summed E-state index contributed by atoms with van der Waals surface area (Å²) in [7, 11) is 1.29. The van der Waals surface area contributed by atoms with Crippen molar-refractivity contribution in [3.05, 3.63) is 17.8 Å². The molecule has 1 heterocycles. The highest BCUT2D eigenvalue weighted by Gasteiger charge is 2.18. The highest BCUT2D eigenvalue weighted by atomic mass is 16.5. The molecule has 0 bridgehead atoms. The molecule has 0 atom stereocenters. The second-order valence-corrected chi connectivity index (χ2v) is 4.89. The van der Waals surface area contributed by atoms with Crippen LogP contribution in [0.2, 0.25) is 0 Å². The molecule has 0 aromatic carbocycles. The third-order valence-electron chi connectivity index (χ3n) is 3.11. The normalized spacial score (nSPS) is 10.4. The van der Waals surface area contributed by atoms with E-state index in [4.69, 9.17) is 4.42 Å². The zero-order chi connectivity index (χ0) is 15.7. The van der Waals surface area contributed by atoms with E-state index in [2.05, 4.69) is 16.6 Å². The lowest BCUT2D eigenvalue weighted by atomic mass is 10.2. The van der Waals surface area contributed by atoms with Crippen molar-refractivity contribution in [2.45, 2.75) is 52.5 Å². The van der Waals surface area contributed by atoms with Crippen molar-refractivity contribution in [3.8, 4) is 0 Å². The van der Waals surface area contributed by atoms with Crippen molar-refractivity contribution in [2.75, 3.05) is 13.7 Å². The van der Waals surface area contributed by atoms with Crippen LogP contribution < -0.4 is 0 Å². The summed E-state index contributed by atoms with van der Waals surface area (Å²) >= 11 is 0. The van der Waals surface area contributed by atoms with Gasteiger partial charge in [0.1, 0.15) is 6.26 Å². The molecule has 0 aliphatic heterocycles. The molecule has 1 amide bonds. The van der Waals surface area contributed by atoms with Gasteiger partial charge < -0.3 is 14.1 Å². The molecule has 0 saturated heterocycles. The van der Waals surface area contributed by atoms with Crippen molar-refractivity contribution in [3.63, 3.8) is 0 Å². The Morgan fingerprint density at radius 3 is 2.67 bits per heavy atom. The van der Waals surface area contributed by atoms with Gasteiger partial charge in [0.05, 0.1) is 13.7 Å². The molecular weight excluding hydrogens is 272 g/mol. The van der Waals surface area contributed by atoms with Gasteiger partial charge in [0.25, 0.3) is 0 Å². The van der Waals surface area contributed by atoms with Crippen molar-refractivity contribution < 1.29 is 18.7 Å². The van der Waals surface area contributed by atoms with Crippen LogP contribution in [-0.4, -0.2) is 35.4 Å². The molecule has 1 rings (SSSR count). The fourth-order valence-corrected chi connectivity index (χ4v) is 1.99. The zero-order valence-corrected chi connectivity index (χ0v) is 13.1. The van der Waals surface area contributed by atoms with Crippen LogP contribution in [0.25, 0.3) is 0 Å². The van der Waals surface area contributed by atoms with Crippen LogP contribution >= 0.6 is 0 Å². The first-order chi connectivity index (χ1) is 10.1. The van der Waals surface area contributed by atoms with E-state index in [1.165, 1.54) is 13.4 Å². The summed E-state index contributed by atoms with van der Waals surface area (Å²) in [4.78, 5) is 29.3. The number of carbonyl (C=O) groups is 2. The number of nitrogens with zero attached hydrogens (tertiary/aromatic N) is 2. The number of hydrogen-bond acceptors (Lipinski definition) is 5. The van der Waals surface area contributed by atoms with Gasteiger partial charge >= 0.3 is 5.97 Å². The number of amides is 1. The maximum absolute atomic E-state index is 12.2. The fraction of sp³-hybridized carbons (Fsp3) is 0.667. The molecular formula is C15H24N2O4. The Bertz CT molecular complexity index is 456. The van der Waals surface area contributed by atoms with E-state index < -0.39 is 5.97 Å². The lowest BCUT2D eigenvalue weighted by Crippen LogP contribution is -2.31. The molecule has 21 heavy (non-hydrogen) atoms. The van der Waals surface area contributed by atoms with E-state index >= 15 is 0 Å². The van der Waals surface area contributed by atoms with Gasteiger partial charge in [-0.2, -0.15) is 0 Å². The van der Waals surface area contributed by atoms with Gasteiger partial charge in [-0.3, -0.25) is 4.79 Å². The van der Waals surface area contributed by atoms with Crippen LogP contribution in [0, 0.1) is 0 Å². The second-order valence-electron chi connectivity index (χ2n) is 4.89. The minimum Gasteiger partial charge on any atom is -0.464 e. The standard InChI is InChI=1S/C15H24N2O4/c1-4-6-7-8-14(18)17(9-5-2)10-13-16-12(11-21-13)15(19)20-3/h11H,4-10H2,1-3H3. The molecule has 1 aromatic rings. The molecule has 0 radical (unpaired) electrons. The first kappa shape index (κ1) is 17.2. The summed E-state index contributed by atoms with van der Waals surface area (Å²) in [5, 5.41) is 0. The van der Waals surface area contributed by atoms with Gasteiger partial charge in [0, 0.05) is 13.0 Å². The van der Waals surface area contributed by atoms with E-state index in [1.54, 1.807) is 4.90 Å². The predicted octanol–water partition coefficient (Wildman–Crippen LogP) is 2.78. The van der Waals surface area contributed by atoms with E-state index in [0.717, 1.165) is 25.7 Å². The van der Waals surface area contributed by atoms with Crippen molar-refractivity contribution in [1.29, 1.82) is 0 Å². The summed E-state index contributed by atoms with van der Waals surface area (Å²) in [5.41, 5.74) is 0.127. The third-order valence-corrected chi connectivity index (χ3v) is 3.11. The molecule has 1 aromatic heterocycles. The van der Waals surface area contributed by atoms with Crippen molar-refractivity contribution in [1.82, 2.24) is 9.88 Å². The second kappa shape index (κ2) is 9.15. The largest absolute Gasteiger partial charge is 0.464 e. The topological polar surface area (TPSA) is 72.6 Å². The number of hydrogen-bond donors (Lipinski definition) is 0. The van der Waals surface area contributed by atoms with Gasteiger partial charge in [-0.15, -0.1) is 0 Å². The van der Waals surface area contributed by atoms with Crippen LogP contribution in [0.4, 0.5) is 0 Å². The first-order valence-corrected chi connectivity index (χ1v) is 7.42. The van der Waals surface area contributed by atoms with E-state index in [9.17, 15) is 9.59 Å². The molecule has 6 nitrogen and oxygen atoms in total. The molecule has 6 heteroatoms. The maximum Gasteiger partial charge on any atom is 0.360 e. The number of ether oxygens (including phenoxy) is 1. The molecule has 0 saturated carbocycles. The monoisotopic (exact) mass is 296 g/mol. The Balaban J connectivity index is 2.62. The first-order valence-electron chi connectivity index (χ1n) is 7.42. The van der Waals surface area contributed by atoms with Gasteiger partial charge in [-0.1, -0.05) is 26.7 Å². The molecule has 0 fully saturated rings. The fourth-order valence-electron chi connectivity index (χ4n) is 1.99. The molecule has 0 aliphatic rings. The van der Waals surface area contributed by atoms with Gasteiger partial charge in [0.2, 0.25) is 11.8 Å². The third kappa shape index (κ3) is 5.57. The number of unbranched alkanes of at least 4 members (excludes halogenated alkanes) is 2. The Hall–Kier alpha value is -1.85. The number of rotatable bonds is 9. The maximum atomic E-state index is 12.2. The minimum absolute atomic E-state index is 0.100. The van der Waals surface area contributed by atoms with Crippen LogP contribution in [0.3, 0.4) is 0 Å². The predicted molar refractivity (Wildman–Crippen MR) is 77.7 cm³/mol. The van der Waals surface area contributed by atoms with Crippen molar-refractivity contribution in [2.24, 2.45) is 0 Å². The highest BCUT2D eigenvalue weighted by Crippen LogP contribution is 2.10. The number of methoxy groups -OCH3 is 1. The Morgan fingerprint density at radius 1 is 1.29 bits per heavy atom. The molecule has 0 spiro atoms. The number of esters is 1. The van der Waals surface area contributed by atoms with E-state index in [-0.39, 0.29) is 18.1 Å². The smallest absolute Gasteiger partial charge is 0.360 e. The molecule has 0 aliphatic carbocycles. The Morgan fingerprint density at radius 2 is 2.05 bits per heavy atom. The lowest BCUT2D eigenvalue weighted by molar-refractivity contribution is -0.132. The highest BCUT2D eigenvalue weighted by molar-refractivity contribution is 5.86.